The number of nitrogens with one attached hydrogen (secondary N) is 1. The van der Waals surface area contributed by atoms with Crippen LogP contribution in [0.5, 0.6) is 0 Å². The number of amides is 1. The van der Waals surface area contributed by atoms with Crippen LogP contribution in [0.1, 0.15) is 5.56 Å². The average Bonchev–Trinajstić information content (AvgIpc) is 2.54. The Bertz CT molecular complexity index is 746. The molecule has 0 fully saturated rings. The van der Waals surface area contributed by atoms with Crippen LogP contribution in [0.4, 0.5) is 10.1 Å². The molecule has 0 saturated heterocycles. The molecule has 0 aliphatic rings. The third-order valence-electron chi connectivity index (χ3n) is 2.80. The molecule has 2 aromatic carbocycles. The number of rotatable bonds is 5. The molecule has 1 N–H and O–H groups in total. The van der Waals surface area contributed by atoms with Gasteiger partial charge in [-0.25, -0.2) is 9.18 Å². The summed E-state index contributed by atoms with van der Waals surface area (Å²) in [6, 6.07) is 12.7. The summed E-state index contributed by atoms with van der Waals surface area (Å²) in [5, 5.41) is 2.90. The lowest BCUT2D eigenvalue weighted by Gasteiger charge is -2.06. The van der Waals surface area contributed by atoms with Gasteiger partial charge in [0.2, 0.25) is 0 Å². The molecule has 6 heteroatoms. The van der Waals surface area contributed by atoms with Gasteiger partial charge in [0.25, 0.3) is 5.91 Å². The fraction of sp³-hybridized carbons (Fsp3) is 0.0588. The average molecular weight is 334 g/mol. The molecule has 0 spiro atoms. The van der Waals surface area contributed by atoms with Crippen molar-refractivity contribution in [2.24, 2.45) is 0 Å². The first-order valence-corrected chi connectivity index (χ1v) is 7.08. The number of hydrogen-bond donors (Lipinski definition) is 1. The lowest BCUT2D eigenvalue weighted by molar-refractivity contribution is -0.142. The SMILES string of the molecule is O=C(COC(=O)/C=C/c1ccccc1F)Nc1ccccc1Cl. The minimum atomic E-state index is -0.748. The molecule has 0 atom stereocenters. The van der Waals surface area contributed by atoms with Crippen molar-refractivity contribution in [1.82, 2.24) is 0 Å². The van der Waals surface area contributed by atoms with Crippen LogP contribution < -0.4 is 5.32 Å². The molecule has 0 aliphatic carbocycles. The summed E-state index contributed by atoms with van der Waals surface area (Å²) in [6.07, 6.45) is 2.34. The fourth-order valence-corrected chi connectivity index (χ4v) is 1.88. The van der Waals surface area contributed by atoms with E-state index in [9.17, 15) is 14.0 Å². The first-order chi connectivity index (χ1) is 11.1. The maximum absolute atomic E-state index is 13.4. The monoisotopic (exact) mass is 333 g/mol. The van der Waals surface area contributed by atoms with Crippen molar-refractivity contribution in [2.45, 2.75) is 0 Å². The van der Waals surface area contributed by atoms with Gasteiger partial charge in [-0.2, -0.15) is 0 Å². The van der Waals surface area contributed by atoms with Crippen LogP contribution in [-0.4, -0.2) is 18.5 Å². The lowest BCUT2D eigenvalue weighted by Crippen LogP contribution is -2.20. The third-order valence-corrected chi connectivity index (χ3v) is 3.13. The minimum Gasteiger partial charge on any atom is -0.452 e. The quantitative estimate of drug-likeness (QED) is 0.671. The molecule has 0 bridgehead atoms. The van der Waals surface area contributed by atoms with E-state index in [1.165, 1.54) is 18.2 Å². The normalized spacial score (nSPS) is 10.5. The molecule has 0 aliphatic heterocycles. The first-order valence-electron chi connectivity index (χ1n) is 6.70. The van der Waals surface area contributed by atoms with Crippen molar-refractivity contribution in [1.29, 1.82) is 0 Å². The van der Waals surface area contributed by atoms with E-state index in [0.29, 0.717) is 10.7 Å². The molecule has 2 rings (SSSR count). The van der Waals surface area contributed by atoms with E-state index in [1.807, 2.05) is 0 Å². The standard InChI is InChI=1S/C17H13ClFNO3/c18-13-6-2-4-8-15(13)20-16(21)11-23-17(22)10-9-12-5-1-3-7-14(12)19/h1-10H,11H2,(H,20,21)/b10-9+. The molecule has 0 saturated carbocycles. The molecule has 0 heterocycles. The van der Waals surface area contributed by atoms with E-state index < -0.39 is 24.3 Å². The van der Waals surface area contributed by atoms with Crippen LogP contribution >= 0.6 is 11.6 Å². The second kappa shape index (κ2) is 8.10. The maximum atomic E-state index is 13.4. The van der Waals surface area contributed by atoms with Gasteiger partial charge in [0.1, 0.15) is 5.82 Å². The summed E-state index contributed by atoms with van der Waals surface area (Å²) < 4.78 is 18.1. The van der Waals surface area contributed by atoms with Gasteiger partial charge < -0.3 is 10.1 Å². The van der Waals surface area contributed by atoms with Crippen LogP contribution in [0.15, 0.2) is 54.6 Å². The van der Waals surface area contributed by atoms with E-state index in [0.717, 1.165) is 6.08 Å². The van der Waals surface area contributed by atoms with Crippen molar-refractivity contribution in [3.05, 3.63) is 71.0 Å². The highest BCUT2D eigenvalue weighted by molar-refractivity contribution is 6.33. The summed E-state index contributed by atoms with van der Waals surface area (Å²) in [5.74, 6) is -1.72. The van der Waals surface area contributed by atoms with E-state index in [-0.39, 0.29) is 5.56 Å². The number of carbonyl (C=O) groups is 2. The zero-order valence-corrected chi connectivity index (χ0v) is 12.7. The Morgan fingerprint density at radius 2 is 1.83 bits per heavy atom. The molecule has 0 aromatic heterocycles. The largest absolute Gasteiger partial charge is 0.452 e. The predicted octanol–water partition coefficient (Wildman–Crippen LogP) is 3.67. The highest BCUT2D eigenvalue weighted by Crippen LogP contribution is 2.20. The maximum Gasteiger partial charge on any atom is 0.331 e. The van der Waals surface area contributed by atoms with Crippen LogP contribution in [0.2, 0.25) is 5.02 Å². The smallest absolute Gasteiger partial charge is 0.331 e. The number of carbonyl (C=O) groups excluding carboxylic acids is 2. The summed E-state index contributed by atoms with van der Waals surface area (Å²) in [6.45, 7) is -0.467. The molecule has 118 valence electrons. The highest BCUT2D eigenvalue weighted by Gasteiger charge is 2.07. The van der Waals surface area contributed by atoms with Gasteiger partial charge in [-0.05, 0) is 24.3 Å². The van der Waals surface area contributed by atoms with Crippen LogP contribution in [0, 0.1) is 5.82 Å². The van der Waals surface area contributed by atoms with Crippen LogP contribution in [-0.2, 0) is 14.3 Å². The van der Waals surface area contributed by atoms with E-state index in [1.54, 1.807) is 36.4 Å². The Labute approximate surface area is 137 Å². The third kappa shape index (κ3) is 5.23. The summed E-state index contributed by atoms with van der Waals surface area (Å²) in [7, 11) is 0. The molecule has 2 aromatic rings. The van der Waals surface area contributed by atoms with Gasteiger partial charge in [-0.1, -0.05) is 41.9 Å². The molecule has 23 heavy (non-hydrogen) atoms. The van der Waals surface area contributed by atoms with Crippen LogP contribution in [0.3, 0.4) is 0 Å². The topological polar surface area (TPSA) is 55.4 Å². The minimum absolute atomic E-state index is 0.255. The van der Waals surface area contributed by atoms with Crippen molar-refractivity contribution >= 4 is 35.2 Å². The number of esters is 1. The van der Waals surface area contributed by atoms with Gasteiger partial charge in [0.05, 0.1) is 10.7 Å². The number of ether oxygens (including phenoxy) is 1. The molecular weight excluding hydrogens is 321 g/mol. The van der Waals surface area contributed by atoms with Crippen molar-refractivity contribution in [2.75, 3.05) is 11.9 Å². The predicted molar refractivity (Wildman–Crippen MR) is 86.5 cm³/mol. The second-order valence-corrected chi connectivity index (χ2v) is 4.90. The lowest BCUT2D eigenvalue weighted by atomic mass is 10.2. The van der Waals surface area contributed by atoms with Gasteiger partial charge in [-0.3, -0.25) is 4.79 Å². The van der Waals surface area contributed by atoms with E-state index in [4.69, 9.17) is 16.3 Å². The fourth-order valence-electron chi connectivity index (χ4n) is 1.70. The van der Waals surface area contributed by atoms with Gasteiger partial charge in [0.15, 0.2) is 6.61 Å². The Kier molecular flexibility index (Phi) is 5.88. The Morgan fingerprint density at radius 1 is 1.13 bits per heavy atom. The summed E-state index contributed by atoms with van der Waals surface area (Å²) in [5.41, 5.74) is 0.682. The Balaban J connectivity index is 1.83. The van der Waals surface area contributed by atoms with Crippen molar-refractivity contribution in [3.63, 3.8) is 0 Å². The molecule has 4 nitrogen and oxygen atoms in total. The summed E-state index contributed by atoms with van der Waals surface area (Å²) >= 11 is 5.89. The molecule has 0 unspecified atom stereocenters. The highest BCUT2D eigenvalue weighted by atomic mass is 35.5. The number of hydrogen-bond acceptors (Lipinski definition) is 3. The first kappa shape index (κ1) is 16.7. The molecular formula is C17H13ClFNO3. The number of halogens is 2. The Morgan fingerprint density at radius 3 is 2.57 bits per heavy atom. The van der Waals surface area contributed by atoms with Crippen molar-refractivity contribution < 1.29 is 18.7 Å². The molecule has 1 amide bonds. The van der Waals surface area contributed by atoms with Gasteiger partial charge in [-0.15, -0.1) is 0 Å². The molecule has 0 radical (unpaired) electrons. The van der Waals surface area contributed by atoms with E-state index in [2.05, 4.69) is 5.32 Å². The van der Waals surface area contributed by atoms with Gasteiger partial charge >= 0.3 is 5.97 Å². The van der Waals surface area contributed by atoms with E-state index >= 15 is 0 Å². The number of benzene rings is 2. The zero-order chi connectivity index (χ0) is 16.7. The number of para-hydroxylation sites is 1. The van der Waals surface area contributed by atoms with Crippen molar-refractivity contribution in [3.8, 4) is 0 Å². The summed E-state index contributed by atoms with van der Waals surface area (Å²) in [4.78, 5) is 23.2. The zero-order valence-electron chi connectivity index (χ0n) is 12.0. The Hall–Kier alpha value is -2.66. The van der Waals surface area contributed by atoms with Gasteiger partial charge in [0, 0.05) is 11.6 Å². The van der Waals surface area contributed by atoms with Crippen LogP contribution in [0.25, 0.3) is 6.08 Å². The second-order valence-electron chi connectivity index (χ2n) is 4.49. The number of anilines is 1.